The Bertz CT molecular complexity index is 599. The van der Waals surface area contributed by atoms with Gasteiger partial charge < -0.3 is 10.6 Å². The molecule has 0 aliphatic rings. The largest absolute Gasteiger partial charge is 0.372 e. The van der Waals surface area contributed by atoms with E-state index >= 15 is 0 Å². The zero-order valence-electron chi connectivity index (χ0n) is 11.6. The number of rotatable bonds is 4. The molecule has 20 heavy (non-hydrogen) atoms. The number of para-hydroxylation sites is 1. The van der Waals surface area contributed by atoms with Crippen molar-refractivity contribution in [3.63, 3.8) is 0 Å². The van der Waals surface area contributed by atoms with E-state index in [1.807, 2.05) is 43.1 Å². The van der Waals surface area contributed by atoms with Gasteiger partial charge in [0.25, 0.3) is 0 Å². The Labute approximate surface area is 117 Å². The highest BCUT2D eigenvalue weighted by Crippen LogP contribution is 2.22. The van der Waals surface area contributed by atoms with Gasteiger partial charge in [0.1, 0.15) is 11.6 Å². The second-order valence-corrected chi connectivity index (χ2v) is 4.94. The van der Waals surface area contributed by atoms with Crippen molar-refractivity contribution in [1.82, 2.24) is 0 Å². The van der Waals surface area contributed by atoms with Crippen LogP contribution in [0.5, 0.6) is 0 Å². The molecule has 2 N–H and O–H groups in total. The number of likely N-dealkylation sites (N-methyl/N-ethyl adjacent to an activating group) is 1. The van der Waals surface area contributed by atoms with E-state index in [9.17, 15) is 8.78 Å². The topological polar surface area (TPSA) is 29.3 Å². The van der Waals surface area contributed by atoms with Gasteiger partial charge in [-0.3, -0.25) is 0 Å². The summed E-state index contributed by atoms with van der Waals surface area (Å²) in [5, 5.41) is 0. The molecule has 0 radical (unpaired) electrons. The van der Waals surface area contributed by atoms with E-state index < -0.39 is 17.7 Å². The molecule has 0 heterocycles. The lowest BCUT2D eigenvalue weighted by Gasteiger charge is -2.25. The number of aryl methyl sites for hydroxylation is 1. The van der Waals surface area contributed by atoms with Gasteiger partial charge in [0.05, 0.1) is 6.04 Å². The van der Waals surface area contributed by atoms with E-state index in [0.29, 0.717) is 12.1 Å². The lowest BCUT2D eigenvalue weighted by atomic mass is 10.1. The maximum atomic E-state index is 13.7. The maximum Gasteiger partial charge on any atom is 0.130 e. The van der Waals surface area contributed by atoms with Crippen LogP contribution < -0.4 is 10.6 Å². The summed E-state index contributed by atoms with van der Waals surface area (Å²) in [7, 11) is 1.91. The molecule has 0 aliphatic carbocycles. The summed E-state index contributed by atoms with van der Waals surface area (Å²) in [6.45, 7) is 2.46. The van der Waals surface area contributed by atoms with Crippen molar-refractivity contribution >= 4 is 5.69 Å². The van der Waals surface area contributed by atoms with Crippen LogP contribution in [-0.4, -0.2) is 13.6 Å². The van der Waals surface area contributed by atoms with Crippen molar-refractivity contribution in [2.75, 3.05) is 18.5 Å². The maximum absolute atomic E-state index is 13.7. The van der Waals surface area contributed by atoms with Gasteiger partial charge in [-0.05, 0) is 24.6 Å². The predicted octanol–water partition coefficient (Wildman–Crippen LogP) is 3.41. The fourth-order valence-corrected chi connectivity index (χ4v) is 2.29. The van der Waals surface area contributed by atoms with Crippen LogP contribution in [0.2, 0.25) is 0 Å². The van der Waals surface area contributed by atoms with Crippen LogP contribution in [0.25, 0.3) is 0 Å². The molecule has 0 fully saturated rings. The van der Waals surface area contributed by atoms with Gasteiger partial charge in [0, 0.05) is 30.9 Å². The third-order valence-electron chi connectivity index (χ3n) is 3.36. The Morgan fingerprint density at radius 2 is 1.85 bits per heavy atom. The van der Waals surface area contributed by atoms with Crippen molar-refractivity contribution in [2.45, 2.75) is 13.0 Å². The summed E-state index contributed by atoms with van der Waals surface area (Å²) in [6.07, 6.45) is 0. The number of halogens is 2. The van der Waals surface area contributed by atoms with Crippen LogP contribution in [0, 0.1) is 18.6 Å². The first-order chi connectivity index (χ1) is 9.49. The Balaban J connectivity index is 2.15. The molecule has 4 heteroatoms. The van der Waals surface area contributed by atoms with Gasteiger partial charge >= 0.3 is 0 Å². The van der Waals surface area contributed by atoms with Crippen LogP contribution in [0.3, 0.4) is 0 Å². The molecule has 0 aliphatic heterocycles. The van der Waals surface area contributed by atoms with Gasteiger partial charge in [-0.25, -0.2) is 8.78 Å². The molecule has 2 rings (SSSR count). The molecule has 2 nitrogen and oxygen atoms in total. The average Bonchev–Trinajstić information content (AvgIpc) is 2.38. The molecule has 0 saturated heterocycles. The smallest absolute Gasteiger partial charge is 0.130 e. The summed E-state index contributed by atoms with van der Waals surface area (Å²) in [5.74, 6) is -1.19. The second-order valence-electron chi connectivity index (χ2n) is 4.94. The van der Waals surface area contributed by atoms with Gasteiger partial charge in [-0.1, -0.05) is 24.3 Å². The molecule has 0 amide bonds. The fraction of sp³-hybridized carbons (Fsp3) is 0.250. The Morgan fingerprint density at radius 1 is 1.15 bits per heavy atom. The minimum Gasteiger partial charge on any atom is -0.372 e. The molecule has 1 atom stereocenters. The number of anilines is 1. The normalized spacial score (nSPS) is 12.2. The molecule has 0 aromatic heterocycles. The monoisotopic (exact) mass is 276 g/mol. The van der Waals surface area contributed by atoms with Crippen LogP contribution >= 0.6 is 0 Å². The molecule has 2 aromatic carbocycles. The third-order valence-corrected chi connectivity index (χ3v) is 3.36. The molecule has 0 saturated carbocycles. The quantitative estimate of drug-likeness (QED) is 0.927. The van der Waals surface area contributed by atoms with Crippen LogP contribution in [0.1, 0.15) is 17.2 Å². The van der Waals surface area contributed by atoms with Crippen molar-refractivity contribution in [1.29, 1.82) is 0 Å². The lowest BCUT2D eigenvalue weighted by Crippen LogP contribution is -2.30. The number of hydrogen-bond acceptors (Lipinski definition) is 2. The van der Waals surface area contributed by atoms with Crippen LogP contribution in [-0.2, 0) is 0 Å². The van der Waals surface area contributed by atoms with Crippen molar-refractivity contribution < 1.29 is 8.78 Å². The van der Waals surface area contributed by atoms with E-state index in [-0.39, 0.29) is 0 Å². The van der Waals surface area contributed by atoms with Crippen LogP contribution in [0.15, 0.2) is 42.5 Å². The van der Waals surface area contributed by atoms with Crippen LogP contribution in [0.4, 0.5) is 14.5 Å². The molecule has 2 aromatic rings. The van der Waals surface area contributed by atoms with Gasteiger partial charge in [-0.15, -0.1) is 0 Å². The standard InChI is InChI=1S/C16H18F2N2/c1-11-5-3-4-6-16(11)20(2)10-15(19)13-8-7-12(17)9-14(13)18/h3-9,15H,10,19H2,1-2H3. The first kappa shape index (κ1) is 14.5. The number of nitrogens with two attached hydrogens (primary N) is 1. The number of nitrogens with zero attached hydrogens (tertiary/aromatic N) is 1. The first-order valence-electron chi connectivity index (χ1n) is 6.46. The van der Waals surface area contributed by atoms with E-state index in [2.05, 4.69) is 0 Å². The minimum absolute atomic E-state index is 0.326. The molecular formula is C16H18F2N2. The Morgan fingerprint density at radius 3 is 2.50 bits per heavy atom. The minimum atomic E-state index is -0.601. The van der Waals surface area contributed by atoms with E-state index in [1.165, 1.54) is 12.1 Å². The van der Waals surface area contributed by atoms with E-state index in [0.717, 1.165) is 17.3 Å². The molecule has 106 valence electrons. The van der Waals surface area contributed by atoms with Crippen molar-refractivity contribution in [3.05, 3.63) is 65.2 Å². The van der Waals surface area contributed by atoms with Gasteiger partial charge in [0.2, 0.25) is 0 Å². The molecular weight excluding hydrogens is 258 g/mol. The average molecular weight is 276 g/mol. The molecule has 0 bridgehead atoms. The van der Waals surface area contributed by atoms with E-state index in [4.69, 9.17) is 5.73 Å². The summed E-state index contributed by atoms with van der Waals surface area (Å²) in [6, 6.07) is 10.9. The highest BCUT2D eigenvalue weighted by atomic mass is 19.1. The lowest BCUT2D eigenvalue weighted by molar-refractivity contribution is 0.554. The van der Waals surface area contributed by atoms with Gasteiger partial charge in [0.15, 0.2) is 0 Å². The van der Waals surface area contributed by atoms with Gasteiger partial charge in [-0.2, -0.15) is 0 Å². The fourth-order valence-electron chi connectivity index (χ4n) is 2.29. The van der Waals surface area contributed by atoms with Crippen molar-refractivity contribution in [3.8, 4) is 0 Å². The van der Waals surface area contributed by atoms with Crippen molar-refractivity contribution in [2.24, 2.45) is 5.73 Å². The summed E-state index contributed by atoms with van der Waals surface area (Å²) in [4.78, 5) is 1.97. The number of hydrogen-bond donors (Lipinski definition) is 1. The summed E-state index contributed by atoms with van der Waals surface area (Å²) >= 11 is 0. The third kappa shape index (κ3) is 3.14. The predicted molar refractivity (Wildman–Crippen MR) is 77.7 cm³/mol. The first-order valence-corrected chi connectivity index (χ1v) is 6.46. The molecule has 1 unspecified atom stereocenters. The highest BCUT2D eigenvalue weighted by Gasteiger charge is 2.15. The second kappa shape index (κ2) is 6.01. The van der Waals surface area contributed by atoms with E-state index in [1.54, 1.807) is 0 Å². The SMILES string of the molecule is Cc1ccccc1N(C)CC(N)c1ccc(F)cc1F. The zero-order valence-corrected chi connectivity index (χ0v) is 11.6. The highest BCUT2D eigenvalue weighted by molar-refractivity contribution is 5.52. The Kier molecular flexibility index (Phi) is 4.35. The Hall–Kier alpha value is -1.94. The number of benzene rings is 2. The molecule has 0 spiro atoms. The summed E-state index contributed by atoms with van der Waals surface area (Å²) < 4.78 is 26.6. The zero-order chi connectivity index (χ0) is 14.7. The summed E-state index contributed by atoms with van der Waals surface area (Å²) in [5.41, 5.74) is 8.53.